The van der Waals surface area contributed by atoms with Crippen molar-refractivity contribution in [1.82, 2.24) is 15.3 Å². The van der Waals surface area contributed by atoms with Crippen LogP contribution in [0.4, 0.5) is 25.0 Å². The molecule has 11 heteroatoms. The van der Waals surface area contributed by atoms with Crippen LogP contribution >= 0.6 is 0 Å². The highest BCUT2D eigenvalue weighted by Gasteiger charge is 2.33. The van der Waals surface area contributed by atoms with Gasteiger partial charge in [-0.15, -0.1) is 0 Å². The molecule has 4 heterocycles. The number of fused-ring (bicyclic) bond motifs is 1. The average Bonchev–Trinajstić information content (AvgIpc) is 3.27. The van der Waals surface area contributed by atoms with Gasteiger partial charge in [-0.2, -0.15) is 8.78 Å². The molecule has 0 saturated carbocycles. The molecule has 0 unspecified atom stereocenters. The number of halogens is 2. The zero-order valence-electron chi connectivity index (χ0n) is 19.8. The van der Waals surface area contributed by atoms with Crippen LogP contribution in [-0.4, -0.2) is 68.1 Å². The van der Waals surface area contributed by atoms with Gasteiger partial charge in [0.05, 0.1) is 24.9 Å². The number of nitrogens with zero attached hydrogens (tertiary/aromatic N) is 4. The molecule has 190 valence electrons. The zero-order chi connectivity index (χ0) is 25.1. The van der Waals surface area contributed by atoms with Crippen LogP contribution in [0.3, 0.4) is 0 Å². The van der Waals surface area contributed by atoms with Gasteiger partial charge in [-0.1, -0.05) is 0 Å². The van der Waals surface area contributed by atoms with Crippen molar-refractivity contribution in [3.63, 3.8) is 0 Å². The minimum absolute atomic E-state index is 0.0422. The Morgan fingerprint density at radius 2 is 1.92 bits per heavy atom. The molecule has 2 aromatic heterocycles. The second-order valence-electron chi connectivity index (χ2n) is 8.71. The van der Waals surface area contributed by atoms with Crippen molar-refractivity contribution < 1.29 is 27.8 Å². The van der Waals surface area contributed by atoms with Gasteiger partial charge in [0.25, 0.3) is 0 Å². The lowest BCUT2D eigenvalue weighted by Gasteiger charge is -2.34. The predicted molar refractivity (Wildman–Crippen MR) is 130 cm³/mol. The summed E-state index contributed by atoms with van der Waals surface area (Å²) in [6, 6.07) is 12.0. The molecule has 1 amide bonds. The number of carbonyl (C=O) groups excluding carboxylic acids is 1. The van der Waals surface area contributed by atoms with E-state index in [-0.39, 0.29) is 11.9 Å². The van der Waals surface area contributed by atoms with Crippen molar-refractivity contribution in [2.24, 2.45) is 0 Å². The number of hydrogen-bond acceptors (Lipinski definition) is 8. The molecular formula is C25H27F2N5O4. The number of anilines is 2. The molecule has 0 radical (unpaired) electrons. The standard InChI is InChI=1S/C25H27F2N5O4/c1-34-22-7-6-20-23(30-22)21(8-11-28-20)31-12-9-16(10-13-31)29-14-19-15-32(25(33)36-19)17-2-4-18(5-3-17)35-24(26)27/h2-8,11,16,19,24,29H,9-10,12-15H2,1H3/t19-/m1/s1. The van der Waals surface area contributed by atoms with Gasteiger partial charge in [0, 0.05) is 43.6 Å². The molecule has 2 aliphatic rings. The first-order valence-corrected chi connectivity index (χ1v) is 11.8. The molecule has 1 aromatic carbocycles. The number of pyridine rings is 2. The lowest BCUT2D eigenvalue weighted by molar-refractivity contribution is -0.0498. The first-order chi connectivity index (χ1) is 17.5. The number of piperidine rings is 1. The normalized spacial score (nSPS) is 18.7. The number of carbonyl (C=O) groups is 1. The van der Waals surface area contributed by atoms with Crippen LogP contribution in [0.15, 0.2) is 48.7 Å². The third-order valence-electron chi connectivity index (χ3n) is 6.46. The van der Waals surface area contributed by atoms with Crippen LogP contribution in [0.1, 0.15) is 12.8 Å². The highest BCUT2D eigenvalue weighted by atomic mass is 19.3. The summed E-state index contributed by atoms with van der Waals surface area (Å²) in [7, 11) is 1.60. The van der Waals surface area contributed by atoms with Gasteiger partial charge >= 0.3 is 12.7 Å². The Morgan fingerprint density at radius 3 is 2.64 bits per heavy atom. The molecule has 0 aliphatic carbocycles. The largest absolute Gasteiger partial charge is 0.481 e. The van der Waals surface area contributed by atoms with Crippen molar-refractivity contribution in [1.29, 1.82) is 0 Å². The van der Waals surface area contributed by atoms with Gasteiger partial charge in [-0.25, -0.2) is 9.78 Å². The molecule has 5 rings (SSSR count). The smallest absolute Gasteiger partial charge is 0.414 e. The fraction of sp³-hybridized carbons (Fsp3) is 0.400. The van der Waals surface area contributed by atoms with E-state index in [4.69, 9.17) is 9.47 Å². The van der Waals surface area contributed by atoms with Crippen molar-refractivity contribution in [3.05, 3.63) is 48.7 Å². The molecule has 2 aliphatic heterocycles. The number of alkyl halides is 2. The molecule has 0 bridgehead atoms. The van der Waals surface area contributed by atoms with E-state index in [1.54, 1.807) is 25.4 Å². The summed E-state index contributed by atoms with van der Waals surface area (Å²) < 4.78 is 39.8. The Morgan fingerprint density at radius 1 is 1.14 bits per heavy atom. The summed E-state index contributed by atoms with van der Waals surface area (Å²) in [5.41, 5.74) is 3.28. The minimum atomic E-state index is -2.89. The Kier molecular flexibility index (Phi) is 6.99. The maximum absolute atomic E-state index is 12.3. The molecule has 1 atom stereocenters. The van der Waals surface area contributed by atoms with Crippen LogP contribution in [0.2, 0.25) is 0 Å². The van der Waals surface area contributed by atoms with Crippen LogP contribution in [0.5, 0.6) is 11.6 Å². The van der Waals surface area contributed by atoms with E-state index in [9.17, 15) is 13.6 Å². The van der Waals surface area contributed by atoms with Crippen LogP contribution in [-0.2, 0) is 4.74 Å². The first-order valence-electron chi connectivity index (χ1n) is 11.8. The van der Waals surface area contributed by atoms with Crippen molar-refractivity contribution >= 4 is 28.5 Å². The number of hydrogen-bond donors (Lipinski definition) is 1. The number of aromatic nitrogens is 2. The molecule has 36 heavy (non-hydrogen) atoms. The summed E-state index contributed by atoms with van der Waals surface area (Å²) in [6.45, 7) is -0.246. The van der Waals surface area contributed by atoms with Gasteiger partial charge in [0.2, 0.25) is 5.88 Å². The van der Waals surface area contributed by atoms with Crippen molar-refractivity contribution in [2.75, 3.05) is 43.1 Å². The van der Waals surface area contributed by atoms with Crippen molar-refractivity contribution in [3.8, 4) is 11.6 Å². The Hall–Kier alpha value is -3.73. The maximum atomic E-state index is 12.3. The number of nitrogens with one attached hydrogen (secondary N) is 1. The summed E-state index contributed by atoms with van der Waals surface area (Å²) in [5.74, 6) is 0.603. The fourth-order valence-corrected chi connectivity index (χ4v) is 4.63. The number of methoxy groups -OCH3 is 1. The van der Waals surface area contributed by atoms with Gasteiger partial charge in [0.15, 0.2) is 0 Å². The molecule has 0 spiro atoms. The SMILES string of the molecule is COc1ccc2nccc(N3CCC(NC[C@@H]4CN(c5ccc(OC(F)F)cc5)C(=O)O4)CC3)c2n1. The molecule has 2 fully saturated rings. The summed E-state index contributed by atoms with van der Waals surface area (Å²) in [6.07, 6.45) is 2.92. The Labute approximate surface area is 207 Å². The molecule has 2 saturated heterocycles. The molecule has 9 nitrogen and oxygen atoms in total. The first kappa shape index (κ1) is 24.0. The second kappa shape index (κ2) is 10.5. The number of rotatable bonds is 8. The Bertz CT molecular complexity index is 1200. The van der Waals surface area contributed by atoms with Crippen molar-refractivity contribution in [2.45, 2.75) is 31.6 Å². The molecule has 1 N–H and O–H groups in total. The third-order valence-corrected chi connectivity index (χ3v) is 6.46. The van der Waals surface area contributed by atoms with E-state index >= 15 is 0 Å². The second-order valence-corrected chi connectivity index (χ2v) is 8.71. The van der Waals surface area contributed by atoms with E-state index in [1.807, 2.05) is 18.2 Å². The lowest BCUT2D eigenvalue weighted by Crippen LogP contribution is -2.45. The molecule has 3 aromatic rings. The van der Waals surface area contributed by atoms with Crippen LogP contribution in [0.25, 0.3) is 11.0 Å². The van der Waals surface area contributed by atoms with Gasteiger partial charge in [-0.05, 0) is 49.2 Å². The molecular weight excluding hydrogens is 472 g/mol. The van der Waals surface area contributed by atoms with E-state index in [0.29, 0.717) is 30.7 Å². The highest BCUT2D eigenvalue weighted by molar-refractivity contribution is 5.90. The van der Waals surface area contributed by atoms with Crippen LogP contribution in [0, 0.1) is 0 Å². The van der Waals surface area contributed by atoms with Crippen LogP contribution < -0.4 is 24.6 Å². The Balaban J connectivity index is 1.13. The zero-order valence-corrected chi connectivity index (χ0v) is 19.8. The van der Waals surface area contributed by atoms with E-state index < -0.39 is 12.7 Å². The van der Waals surface area contributed by atoms with E-state index in [2.05, 4.69) is 24.9 Å². The minimum Gasteiger partial charge on any atom is -0.481 e. The number of cyclic esters (lactones) is 1. The quantitative estimate of drug-likeness (QED) is 0.501. The van der Waals surface area contributed by atoms with E-state index in [0.717, 1.165) is 42.7 Å². The number of ether oxygens (including phenoxy) is 3. The van der Waals surface area contributed by atoms with Gasteiger partial charge in [-0.3, -0.25) is 9.88 Å². The predicted octanol–water partition coefficient (Wildman–Crippen LogP) is 3.82. The lowest BCUT2D eigenvalue weighted by atomic mass is 10.0. The monoisotopic (exact) mass is 499 g/mol. The number of amides is 1. The average molecular weight is 500 g/mol. The third kappa shape index (κ3) is 5.25. The summed E-state index contributed by atoms with van der Waals surface area (Å²) >= 11 is 0. The van der Waals surface area contributed by atoms with E-state index in [1.165, 1.54) is 17.0 Å². The summed E-state index contributed by atoms with van der Waals surface area (Å²) in [5, 5.41) is 3.53. The number of benzene rings is 1. The summed E-state index contributed by atoms with van der Waals surface area (Å²) in [4.78, 5) is 25.2. The maximum Gasteiger partial charge on any atom is 0.414 e. The fourth-order valence-electron chi connectivity index (χ4n) is 4.63. The van der Waals surface area contributed by atoms with Gasteiger partial charge < -0.3 is 24.4 Å². The highest BCUT2D eigenvalue weighted by Crippen LogP contribution is 2.29. The van der Waals surface area contributed by atoms with Gasteiger partial charge in [0.1, 0.15) is 17.4 Å². The topological polar surface area (TPSA) is 89.1 Å².